The van der Waals surface area contributed by atoms with Gasteiger partial charge >= 0.3 is 0 Å². The van der Waals surface area contributed by atoms with Crippen LogP contribution in [0.3, 0.4) is 0 Å². The monoisotopic (exact) mass is 295 g/mol. The lowest BCUT2D eigenvalue weighted by molar-refractivity contribution is 0.431. The van der Waals surface area contributed by atoms with E-state index in [2.05, 4.69) is 25.1 Å². The van der Waals surface area contributed by atoms with Crippen molar-refractivity contribution in [3.05, 3.63) is 48.3 Å². The van der Waals surface area contributed by atoms with Crippen LogP contribution in [0.4, 0.5) is 4.39 Å². The van der Waals surface area contributed by atoms with Gasteiger partial charge in [-0.25, -0.2) is 9.97 Å². The number of pyridine rings is 2. The lowest BCUT2D eigenvalue weighted by Crippen LogP contribution is -1.89. The first-order valence-electron chi connectivity index (χ1n) is 6.60. The molecule has 0 atom stereocenters. The first-order chi connectivity index (χ1) is 10.7. The van der Waals surface area contributed by atoms with E-state index in [0.717, 1.165) is 16.6 Å². The number of halogens is 1. The number of H-pyrrole nitrogens is 1. The fourth-order valence-electron chi connectivity index (χ4n) is 2.26. The van der Waals surface area contributed by atoms with Crippen LogP contribution in [0.25, 0.3) is 33.9 Å². The Balaban J connectivity index is 1.77. The van der Waals surface area contributed by atoms with Crippen molar-refractivity contribution in [1.82, 2.24) is 25.1 Å². The highest BCUT2D eigenvalue weighted by molar-refractivity contribution is 5.80. The summed E-state index contributed by atoms with van der Waals surface area (Å²) >= 11 is 0. The third kappa shape index (κ3) is 2.03. The average Bonchev–Trinajstić information content (AvgIpc) is 3.15. The molecular formula is C15H10FN5O. The number of aromatic amines is 1. The van der Waals surface area contributed by atoms with Crippen molar-refractivity contribution in [2.45, 2.75) is 6.92 Å². The van der Waals surface area contributed by atoms with E-state index in [-0.39, 0.29) is 0 Å². The van der Waals surface area contributed by atoms with Gasteiger partial charge in [-0.3, -0.25) is 0 Å². The topological polar surface area (TPSA) is 80.5 Å². The first kappa shape index (κ1) is 12.6. The lowest BCUT2D eigenvalue weighted by Gasteiger charge is -1.98. The third-order valence-corrected chi connectivity index (χ3v) is 3.39. The van der Waals surface area contributed by atoms with Crippen LogP contribution in [-0.4, -0.2) is 25.1 Å². The van der Waals surface area contributed by atoms with E-state index >= 15 is 0 Å². The van der Waals surface area contributed by atoms with E-state index in [1.54, 1.807) is 13.1 Å². The molecule has 0 aliphatic rings. The van der Waals surface area contributed by atoms with Crippen molar-refractivity contribution in [1.29, 1.82) is 0 Å². The Hall–Kier alpha value is -3.09. The maximum absolute atomic E-state index is 13.1. The zero-order valence-electron chi connectivity index (χ0n) is 11.5. The Morgan fingerprint density at radius 1 is 1.18 bits per heavy atom. The fraction of sp³-hybridized carbons (Fsp3) is 0.0667. The average molecular weight is 295 g/mol. The summed E-state index contributed by atoms with van der Waals surface area (Å²) < 4.78 is 18.3. The van der Waals surface area contributed by atoms with Crippen LogP contribution in [-0.2, 0) is 0 Å². The molecule has 108 valence electrons. The van der Waals surface area contributed by atoms with Gasteiger partial charge in [0.1, 0.15) is 5.65 Å². The van der Waals surface area contributed by atoms with E-state index in [4.69, 9.17) is 4.52 Å². The summed E-state index contributed by atoms with van der Waals surface area (Å²) in [5, 5.41) is 4.92. The van der Waals surface area contributed by atoms with Crippen LogP contribution in [0, 0.1) is 12.9 Å². The molecule has 4 aromatic rings. The van der Waals surface area contributed by atoms with E-state index in [1.807, 2.05) is 18.3 Å². The van der Waals surface area contributed by atoms with E-state index in [0.29, 0.717) is 22.8 Å². The molecule has 7 heteroatoms. The quantitative estimate of drug-likeness (QED) is 0.575. The lowest BCUT2D eigenvalue weighted by atomic mass is 10.1. The summed E-state index contributed by atoms with van der Waals surface area (Å²) in [6.45, 7) is 1.76. The standard InChI is InChI=1S/C15H10FN5O/c1-8-4-12(16)18-7-11(8)15-20-14(21-22-15)10-5-9-2-3-17-13(9)19-6-10/h2-7H,1H3,(H,17,19). The molecule has 4 rings (SSSR count). The smallest absolute Gasteiger partial charge is 0.260 e. The van der Waals surface area contributed by atoms with Crippen LogP contribution in [0.15, 0.2) is 41.3 Å². The molecule has 0 radical (unpaired) electrons. The highest BCUT2D eigenvalue weighted by Gasteiger charge is 2.14. The summed E-state index contributed by atoms with van der Waals surface area (Å²) in [6.07, 6.45) is 4.87. The molecule has 0 saturated carbocycles. The van der Waals surface area contributed by atoms with Crippen molar-refractivity contribution in [2.75, 3.05) is 0 Å². The molecule has 0 unspecified atom stereocenters. The van der Waals surface area contributed by atoms with Gasteiger partial charge in [-0.15, -0.1) is 0 Å². The van der Waals surface area contributed by atoms with E-state index in [9.17, 15) is 4.39 Å². The maximum atomic E-state index is 13.1. The van der Waals surface area contributed by atoms with Crippen molar-refractivity contribution < 1.29 is 8.91 Å². The Labute approximate surface area is 124 Å². The molecule has 0 amide bonds. The zero-order chi connectivity index (χ0) is 15.1. The zero-order valence-corrected chi connectivity index (χ0v) is 11.5. The van der Waals surface area contributed by atoms with Crippen LogP contribution >= 0.6 is 0 Å². The number of aromatic nitrogens is 5. The number of hydrogen-bond donors (Lipinski definition) is 1. The van der Waals surface area contributed by atoms with E-state index in [1.165, 1.54) is 12.3 Å². The molecular weight excluding hydrogens is 285 g/mol. The molecule has 1 N–H and O–H groups in total. The highest BCUT2D eigenvalue weighted by Crippen LogP contribution is 2.25. The number of fused-ring (bicyclic) bond motifs is 1. The SMILES string of the molecule is Cc1cc(F)ncc1-c1nc(-c2cnc3[nH]ccc3c2)no1. The second kappa shape index (κ2) is 4.73. The van der Waals surface area contributed by atoms with Gasteiger partial charge in [0.15, 0.2) is 0 Å². The molecule has 0 spiro atoms. The second-order valence-electron chi connectivity index (χ2n) is 4.88. The van der Waals surface area contributed by atoms with E-state index < -0.39 is 5.95 Å². The van der Waals surface area contributed by atoms with Crippen molar-refractivity contribution in [3.8, 4) is 22.8 Å². The molecule has 4 aromatic heterocycles. The van der Waals surface area contributed by atoms with Crippen LogP contribution in [0.5, 0.6) is 0 Å². The molecule has 0 bridgehead atoms. The number of nitrogens with one attached hydrogen (secondary N) is 1. The Kier molecular flexibility index (Phi) is 2.72. The fourth-order valence-corrected chi connectivity index (χ4v) is 2.26. The van der Waals surface area contributed by atoms with Crippen LogP contribution < -0.4 is 0 Å². The van der Waals surface area contributed by atoms with Crippen molar-refractivity contribution >= 4 is 11.0 Å². The summed E-state index contributed by atoms with van der Waals surface area (Å²) in [6, 6.07) is 5.16. The Bertz CT molecular complexity index is 975. The Morgan fingerprint density at radius 2 is 2.09 bits per heavy atom. The summed E-state index contributed by atoms with van der Waals surface area (Å²) in [7, 11) is 0. The summed E-state index contributed by atoms with van der Waals surface area (Å²) in [5.74, 6) is 0.187. The normalized spacial score (nSPS) is 11.2. The minimum atomic E-state index is -0.539. The summed E-state index contributed by atoms with van der Waals surface area (Å²) in [4.78, 5) is 15.3. The molecule has 6 nitrogen and oxygen atoms in total. The first-order valence-corrected chi connectivity index (χ1v) is 6.60. The molecule has 4 heterocycles. The van der Waals surface area contributed by atoms with Gasteiger partial charge in [-0.1, -0.05) is 5.16 Å². The molecule has 0 saturated heterocycles. The minimum absolute atomic E-state index is 0.300. The maximum Gasteiger partial charge on any atom is 0.260 e. The molecule has 0 aliphatic carbocycles. The molecule has 22 heavy (non-hydrogen) atoms. The van der Waals surface area contributed by atoms with Gasteiger partial charge in [-0.2, -0.15) is 9.37 Å². The number of nitrogens with zero attached hydrogens (tertiary/aromatic N) is 4. The Morgan fingerprint density at radius 3 is 2.95 bits per heavy atom. The van der Waals surface area contributed by atoms with Gasteiger partial charge < -0.3 is 9.51 Å². The largest absolute Gasteiger partial charge is 0.346 e. The number of aryl methyl sites for hydroxylation is 1. The van der Waals surface area contributed by atoms with Gasteiger partial charge in [0.25, 0.3) is 5.89 Å². The van der Waals surface area contributed by atoms with Gasteiger partial charge in [0, 0.05) is 29.5 Å². The van der Waals surface area contributed by atoms with Gasteiger partial charge in [-0.05, 0) is 30.7 Å². The second-order valence-corrected chi connectivity index (χ2v) is 4.88. The predicted molar refractivity (Wildman–Crippen MR) is 77.3 cm³/mol. The minimum Gasteiger partial charge on any atom is -0.346 e. The molecule has 0 aromatic carbocycles. The summed E-state index contributed by atoms with van der Waals surface area (Å²) in [5.41, 5.74) is 2.83. The molecule has 0 fully saturated rings. The number of rotatable bonds is 2. The highest BCUT2D eigenvalue weighted by atomic mass is 19.1. The predicted octanol–water partition coefficient (Wildman–Crippen LogP) is 3.12. The van der Waals surface area contributed by atoms with Gasteiger partial charge in [0.05, 0.1) is 5.56 Å². The van der Waals surface area contributed by atoms with Crippen LogP contribution in [0.2, 0.25) is 0 Å². The number of hydrogen-bond acceptors (Lipinski definition) is 5. The van der Waals surface area contributed by atoms with Crippen molar-refractivity contribution in [3.63, 3.8) is 0 Å². The van der Waals surface area contributed by atoms with Crippen molar-refractivity contribution in [2.24, 2.45) is 0 Å². The third-order valence-electron chi connectivity index (χ3n) is 3.39. The van der Waals surface area contributed by atoms with Gasteiger partial charge in [0.2, 0.25) is 11.8 Å². The molecule has 0 aliphatic heterocycles. The van der Waals surface area contributed by atoms with Crippen LogP contribution in [0.1, 0.15) is 5.56 Å².